The Kier molecular flexibility index (Phi) is 2.73. The van der Waals surface area contributed by atoms with E-state index in [0.717, 1.165) is 25.0 Å². The van der Waals surface area contributed by atoms with Crippen molar-refractivity contribution < 1.29 is 0 Å². The third-order valence-electron chi connectivity index (χ3n) is 2.94. The smallest absolute Gasteiger partial charge is 0.251 e. The van der Waals surface area contributed by atoms with Gasteiger partial charge in [-0.2, -0.15) is 0 Å². The lowest BCUT2D eigenvalue weighted by atomic mass is 9.92. The second-order valence-electron chi connectivity index (χ2n) is 4.05. The molecule has 1 atom stereocenters. The van der Waals surface area contributed by atoms with Gasteiger partial charge in [0.05, 0.1) is 0 Å². The fourth-order valence-electron chi connectivity index (χ4n) is 2.18. The van der Waals surface area contributed by atoms with Crippen LogP contribution >= 0.6 is 0 Å². The zero-order valence-electron chi connectivity index (χ0n) is 8.78. The van der Waals surface area contributed by atoms with E-state index in [4.69, 9.17) is 5.73 Å². The van der Waals surface area contributed by atoms with Crippen LogP contribution in [0.15, 0.2) is 29.6 Å². The Morgan fingerprint density at radius 1 is 1.60 bits per heavy atom. The Balaban J connectivity index is 2.50. The van der Waals surface area contributed by atoms with E-state index >= 15 is 0 Å². The minimum absolute atomic E-state index is 0.0594. The van der Waals surface area contributed by atoms with Crippen molar-refractivity contribution in [3.63, 3.8) is 0 Å². The van der Waals surface area contributed by atoms with Gasteiger partial charge in [-0.05, 0) is 24.8 Å². The van der Waals surface area contributed by atoms with Crippen LogP contribution in [0.4, 0.5) is 0 Å². The molecule has 0 unspecified atom stereocenters. The number of nitrogens with zero attached hydrogens (tertiary/aromatic N) is 1. The number of pyridine rings is 1. The van der Waals surface area contributed by atoms with Gasteiger partial charge in [0.25, 0.3) is 5.56 Å². The zero-order valence-corrected chi connectivity index (χ0v) is 8.78. The number of aromatic nitrogens is 1. The summed E-state index contributed by atoms with van der Waals surface area (Å²) in [4.78, 5) is 11.6. The molecule has 15 heavy (non-hydrogen) atoms. The number of rotatable bonds is 2. The fourth-order valence-corrected chi connectivity index (χ4v) is 2.18. The lowest BCUT2D eigenvalue weighted by Gasteiger charge is -2.24. The summed E-state index contributed by atoms with van der Waals surface area (Å²) in [6.45, 7) is 4.27. The third-order valence-corrected chi connectivity index (χ3v) is 2.94. The van der Waals surface area contributed by atoms with Crippen molar-refractivity contribution in [2.75, 3.05) is 0 Å². The number of nitrogens with two attached hydrogens (primary N) is 1. The summed E-state index contributed by atoms with van der Waals surface area (Å²) in [7, 11) is 0. The second kappa shape index (κ2) is 4.03. The molecular formula is C12H16N2O. The van der Waals surface area contributed by atoms with Gasteiger partial charge in [-0.3, -0.25) is 4.79 Å². The molecule has 0 saturated heterocycles. The molecule has 0 aliphatic heterocycles. The maximum Gasteiger partial charge on any atom is 0.251 e. The summed E-state index contributed by atoms with van der Waals surface area (Å²) in [6, 6.07) is 3.78. The second-order valence-corrected chi connectivity index (χ2v) is 4.05. The summed E-state index contributed by atoms with van der Waals surface area (Å²) in [5.41, 5.74) is 8.32. The van der Waals surface area contributed by atoms with Crippen LogP contribution in [-0.2, 0) is 19.4 Å². The van der Waals surface area contributed by atoms with Gasteiger partial charge in [0.15, 0.2) is 0 Å². The van der Waals surface area contributed by atoms with Gasteiger partial charge in [0.2, 0.25) is 0 Å². The maximum atomic E-state index is 11.6. The first-order valence-corrected chi connectivity index (χ1v) is 5.30. The highest BCUT2D eigenvalue weighted by Crippen LogP contribution is 2.18. The van der Waals surface area contributed by atoms with Crippen LogP contribution in [0.5, 0.6) is 0 Å². The Labute approximate surface area is 89.2 Å². The van der Waals surface area contributed by atoms with Crippen molar-refractivity contribution in [1.29, 1.82) is 0 Å². The molecule has 1 aliphatic carbocycles. The van der Waals surface area contributed by atoms with Gasteiger partial charge < -0.3 is 10.3 Å². The van der Waals surface area contributed by atoms with Gasteiger partial charge in [0.1, 0.15) is 0 Å². The molecule has 0 spiro atoms. The first-order chi connectivity index (χ1) is 7.22. The van der Waals surface area contributed by atoms with E-state index in [0.29, 0.717) is 6.54 Å². The predicted octanol–water partition coefficient (Wildman–Crippen LogP) is 0.850. The average Bonchev–Trinajstić information content (AvgIpc) is 2.22. The minimum Gasteiger partial charge on any atom is -0.327 e. The van der Waals surface area contributed by atoms with Crippen molar-refractivity contribution >= 4 is 0 Å². The summed E-state index contributed by atoms with van der Waals surface area (Å²) >= 11 is 0. The molecule has 0 bridgehead atoms. The molecular weight excluding hydrogens is 188 g/mol. The van der Waals surface area contributed by atoms with Gasteiger partial charge in [-0.15, -0.1) is 6.58 Å². The predicted molar refractivity (Wildman–Crippen MR) is 60.9 cm³/mol. The van der Waals surface area contributed by atoms with Gasteiger partial charge in [-0.25, -0.2) is 0 Å². The van der Waals surface area contributed by atoms with Crippen LogP contribution in [0.2, 0.25) is 0 Å². The normalized spacial score (nSPS) is 19.7. The lowest BCUT2D eigenvalue weighted by Crippen LogP contribution is -2.33. The Hall–Kier alpha value is -1.35. The molecule has 1 heterocycles. The van der Waals surface area contributed by atoms with Crippen LogP contribution in [0.25, 0.3) is 0 Å². The van der Waals surface area contributed by atoms with Crippen molar-refractivity contribution in [2.24, 2.45) is 5.73 Å². The average molecular weight is 204 g/mol. The summed E-state index contributed by atoms with van der Waals surface area (Å²) < 4.78 is 1.80. The third kappa shape index (κ3) is 1.88. The molecule has 3 nitrogen and oxygen atoms in total. The molecule has 0 radical (unpaired) electrons. The molecule has 0 saturated carbocycles. The van der Waals surface area contributed by atoms with Crippen LogP contribution < -0.4 is 11.3 Å². The fraction of sp³-hybridized carbons (Fsp3) is 0.417. The van der Waals surface area contributed by atoms with Crippen molar-refractivity contribution in [2.45, 2.75) is 31.8 Å². The molecule has 80 valence electrons. The standard InChI is InChI=1S/C12H16N2O/c1-2-7-14-11-5-4-10(13)8-9(11)3-6-12(14)15/h2-3,6,10H,1,4-5,7-8,13H2/t10-/m1/s1. The van der Waals surface area contributed by atoms with Crippen LogP contribution in [-0.4, -0.2) is 10.6 Å². The molecule has 1 aromatic rings. The van der Waals surface area contributed by atoms with Crippen LogP contribution in [0.1, 0.15) is 17.7 Å². The van der Waals surface area contributed by atoms with Crippen molar-refractivity contribution in [3.05, 3.63) is 46.4 Å². The largest absolute Gasteiger partial charge is 0.327 e. The molecule has 0 aromatic carbocycles. The summed E-state index contributed by atoms with van der Waals surface area (Å²) in [5.74, 6) is 0. The highest BCUT2D eigenvalue weighted by molar-refractivity contribution is 5.25. The maximum absolute atomic E-state index is 11.6. The Morgan fingerprint density at radius 3 is 3.13 bits per heavy atom. The number of hydrogen-bond acceptors (Lipinski definition) is 2. The van der Waals surface area contributed by atoms with Gasteiger partial charge in [-0.1, -0.05) is 12.1 Å². The molecule has 1 aromatic heterocycles. The van der Waals surface area contributed by atoms with E-state index in [1.54, 1.807) is 16.7 Å². The zero-order chi connectivity index (χ0) is 10.8. The quantitative estimate of drug-likeness (QED) is 0.726. The topological polar surface area (TPSA) is 48.0 Å². The van der Waals surface area contributed by atoms with Crippen LogP contribution in [0.3, 0.4) is 0 Å². The number of allylic oxidation sites excluding steroid dienone is 1. The van der Waals surface area contributed by atoms with Crippen LogP contribution in [0, 0.1) is 0 Å². The van der Waals surface area contributed by atoms with Gasteiger partial charge >= 0.3 is 0 Å². The Morgan fingerprint density at radius 2 is 2.40 bits per heavy atom. The minimum atomic E-state index is 0.0594. The summed E-state index contributed by atoms with van der Waals surface area (Å²) in [6.07, 6.45) is 4.51. The van der Waals surface area contributed by atoms with E-state index in [9.17, 15) is 4.79 Å². The highest BCUT2D eigenvalue weighted by Gasteiger charge is 2.18. The molecule has 2 N–H and O–H groups in total. The SMILES string of the molecule is C=CCn1c2c(ccc1=O)C[C@H](N)CC2. The van der Waals surface area contributed by atoms with E-state index in [1.807, 2.05) is 6.07 Å². The van der Waals surface area contributed by atoms with E-state index in [2.05, 4.69) is 6.58 Å². The molecule has 0 fully saturated rings. The van der Waals surface area contributed by atoms with Gasteiger partial charge in [0, 0.05) is 24.3 Å². The Bertz CT molecular complexity index is 434. The van der Waals surface area contributed by atoms with Crippen molar-refractivity contribution in [3.8, 4) is 0 Å². The first kappa shape index (κ1) is 10.2. The highest BCUT2D eigenvalue weighted by atomic mass is 16.1. The first-order valence-electron chi connectivity index (χ1n) is 5.30. The lowest BCUT2D eigenvalue weighted by molar-refractivity contribution is 0.538. The number of fused-ring (bicyclic) bond motifs is 1. The summed E-state index contributed by atoms with van der Waals surface area (Å²) in [5, 5.41) is 0. The van der Waals surface area contributed by atoms with Crippen molar-refractivity contribution in [1.82, 2.24) is 4.57 Å². The molecule has 0 amide bonds. The molecule has 3 heteroatoms. The van der Waals surface area contributed by atoms with E-state index < -0.39 is 0 Å². The molecule has 2 rings (SSSR count). The monoisotopic (exact) mass is 204 g/mol. The molecule has 1 aliphatic rings. The number of hydrogen-bond donors (Lipinski definition) is 1. The van der Waals surface area contributed by atoms with E-state index in [-0.39, 0.29) is 11.6 Å². The van der Waals surface area contributed by atoms with E-state index in [1.165, 1.54) is 5.56 Å².